The third-order valence-electron chi connectivity index (χ3n) is 4.41. The normalized spacial score (nSPS) is 10.8. The van der Waals surface area contributed by atoms with Crippen LogP contribution in [0.15, 0.2) is 71.6 Å². The zero-order valence-corrected chi connectivity index (χ0v) is 18.9. The molecule has 3 rings (SSSR count). The molecule has 7 nitrogen and oxygen atoms in total. The number of hydrogen-bond donors (Lipinski definition) is 3. The Kier molecular flexibility index (Phi) is 6.98. The van der Waals surface area contributed by atoms with Gasteiger partial charge >= 0.3 is 0 Å². The fourth-order valence-electron chi connectivity index (χ4n) is 2.89. The van der Waals surface area contributed by atoms with E-state index in [1.807, 2.05) is 18.2 Å². The van der Waals surface area contributed by atoms with E-state index in [2.05, 4.69) is 15.4 Å². The third-order valence-corrected chi connectivity index (χ3v) is 6.13. The van der Waals surface area contributed by atoms with E-state index in [0.717, 1.165) is 5.69 Å². The first-order valence-electron chi connectivity index (χ1n) is 9.31. The van der Waals surface area contributed by atoms with Gasteiger partial charge in [-0.05, 0) is 61.1 Å². The summed E-state index contributed by atoms with van der Waals surface area (Å²) in [6, 6.07) is 19.1. The van der Waals surface area contributed by atoms with Gasteiger partial charge in [-0.1, -0.05) is 24.3 Å². The van der Waals surface area contributed by atoms with E-state index in [4.69, 9.17) is 21.7 Å². The molecule has 3 aromatic rings. The van der Waals surface area contributed by atoms with Crippen LogP contribution in [0.4, 0.5) is 17.1 Å². The number of aryl methyl sites for hydroxylation is 1. The standard InChI is InChI=1S/C22H23N3O4S2/c1-15-11-12-17(24-22(30)23-16-7-6-8-18(13-16)28-2)14-21(15)31(26,27)25-19-9-4-5-10-20(19)29-3/h4-14,25H,1-3H3,(H2,23,24,30). The molecular weight excluding hydrogens is 434 g/mol. The highest BCUT2D eigenvalue weighted by Gasteiger charge is 2.19. The molecule has 0 bridgehead atoms. The van der Waals surface area contributed by atoms with Crippen molar-refractivity contribution in [2.45, 2.75) is 11.8 Å². The number of methoxy groups -OCH3 is 2. The monoisotopic (exact) mass is 457 g/mol. The molecule has 162 valence electrons. The van der Waals surface area contributed by atoms with Crippen LogP contribution in [0.5, 0.6) is 11.5 Å². The number of hydrogen-bond acceptors (Lipinski definition) is 5. The number of para-hydroxylation sites is 2. The number of rotatable bonds is 7. The second-order valence-corrected chi connectivity index (χ2v) is 8.66. The maximum Gasteiger partial charge on any atom is 0.262 e. The highest BCUT2D eigenvalue weighted by molar-refractivity contribution is 7.92. The van der Waals surface area contributed by atoms with Gasteiger partial charge in [-0.15, -0.1) is 0 Å². The first kappa shape index (κ1) is 22.4. The Morgan fingerprint density at radius 1 is 0.871 bits per heavy atom. The van der Waals surface area contributed by atoms with Crippen LogP contribution in [0.3, 0.4) is 0 Å². The quantitative estimate of drug-likeness (QED) is 0.446. The summed E-state index contributed by atoms with van der Waals surface area (Å²) < 4.78 is 39.1. The van der Waals surface area contributed by atoms with Gasteiger partial charge in [0.25, 0.3) is 10.0 Å². The van der Waals surface area contributed by atoms with E-state index >= 15 is 0 Å². The number of anilines is 3. The molecule has 0 aromatic heterocycles. The maximum absolute atomic E-state index is 13.0. The lowest BCUT2D eigenvalue weighted by molar-refractivity contribution is 0.415. The fourth-order valence-corrected chi connectivity index (χ4v) is 4.47. The number of nitrogens with one attached hydrogen (secondary N) is 3. The van der Waals surface area contributed by atoms with Crippen molar-refractivity contribution < 1.29 is 17.9 Å². The zero-order chi connectivity index (χ0) is 22.4. The summed E-state index contributed by atoms with van der Waals surface area (Å²) in [7, 11) is -0.781. The molecule has 9 heteroatoms. The van der Waals surface area contributed by atoms with Gasteiger partial charge in [0.2, 0.25) is 0 Å². The minimum absolute atomic E-state index is 0.132. The molecule has 0 heterocycles. The van der Waals surface area contributed by atoms with Gasteiger partial charge in [0.1, 0.15) is 11.5 Å². The van der Waals surface area contributed by atoms with Crippen molar-refractivity contribution in [2.24, 2.45) is 0 Å². The lowest BCUT2D eigenvalue weighted by atomic mass is 10.2. The highest BCUT2D eigenvalue weighted by atomic mass is 32.2. The van der Waals surface area contributed by atoms with E-state index in [-0.39, 0.29) is 4.90 Å². The molecule has 0 radical (unpaired) electrons. The molecule has 0 saturated carbocycles. The summed E-state index contributed by atoms with van der Waals surface area (Å²) in [4.78, 5) is 0.132. The molecule has 0 amide bonds. The van der Waals surface area contributed by atoms with Crippen LogP contribution >= 0.6 is 12.2 Å². The first-order chi connectivity index (χ1) is 14.8. The largest absolute Gasteiger partial charge is 0.497 e. The summed E-state index contributed by atoms with van der Waals surface area (Å²) in [5.74, 6) is 1.13. The minimum atomic E-state index is -3.85. The van der Waals surface area contributed by atoms with E-state index in [1.54, 1.807) is 56.5 Å². The number of benzene rings is 3. The molecule has 0 unspecified atom stereocenters. The van der Waals surface area contributed by atoms with Gasteiger partial charge in [-0.3, -0.25) is 4.72 Å². The van der Waals surface area contributed by atoms with E-state index in [1.165, 1.54) is 13.2 Å². The molecule has 0 atom stereocenters. The molecule has 0 aliphatic heterocycles. The van der Waals surface area contributed by atoms with Crippen LogP contribution in [0.25, 0.3) is 0 Å². The van der Waals surface area contributed by atoms with Crippen molar-refractivity contribution in [2.75, 3.05) is 29.6 Å². The second-order valence-electron chi connectivity index (χ2n) is 6.60. The van der Waals surface area contributed by atoms with Crippen LogP contribution in [-0.4, -0.2) is 27.7 Å². The summed E-state index contributed by atoms with van der Waals surface area (Å²) in [5, 5.41) is 6.39. The Morgan fingerprint density at radius 3 is 2.29 bits per heavy atom. The van der Waals surface area contributed by atoms with Crippen molar-refractivity contribution in [1.82, 2.24) is 0 Å². The fraction of sp³-hybridized carbons (Fsp3) is 0.136. The predicted octanol–water partition coefficient (Wildman–Crippen LogP) is 4.62. The van der Waals surface area contributed by atoms with Crippen LogP contribution in [0.2, 0.25) is 0 Å². The topological polar surface area (TPSA) is 88.7 Å². The Hall–Kier alpha value is -3.30. The van der Waals surface area contributed by atoms with Gasteiger partial charge in [0, 0.05) is 17.4 Å². The summed E-state index contributed by atoms with van der Waals surface area (Å²) >= 11 is 5.36. The van der Waals surface area contributed by atoms with Crippen LogP contribution < -0.4 is 24.8 Å². The number of sulfonamides is 1. The van der Waals surface area contributed by atoms with Gasteiger partial charge in [-0.2, -0.15) is 0 Å². The molecule has 0 fully saturated rings. The lowest BCUT2D eigenvalue weighted by Gasteiger charge is -2.15. The molecule has 0 aliphatic rings. The van der Waals surface area contributed by atoms with Crippen molar-refractivity contribution >= 4 is 44.4 Å². The highest BCUT2D eigenvalue weighted by Crippen LogP contribution is 2.28. The van der Waals surface area contributed by atoms with E-state index < -0.39 is 10.0 Å². The predicted molar refractivity (Wildman–Crippen MR) is 128 cm³/mol. The Balaban J connectivity index is 1.79. The van der Waals surface area contributed by atoms with Crippen molar-refractivity contribution in [3.63, 3.8) is 0 Å². The average molecular weight is 458 g/mol. The van der Waals surface area contributed by atoms with Crippen LogP contribution in [0, 0.1) is 6.92 Å². The summed E-state index contributed by atoms with van der Waals surface area (Å²) in [6.07, 6.45) is 0. The first-order valence-corrected chi connectivity index (χ1v) is 11.2. The molecule has 31 heavy (non-hydrogen) atoms. The van der Waals surface area contributed by atoms with Crippen molar-refractivity contribution in [1.29, 1.82) is 0 Å². The van der Waals surface area contributed by atoms with E-state index in [0.29, 0.717) is 33.5 Å². The smallest absolute Gasteiger partial charge is 0.262 e. The maximum atomic E-state index is 13.0. The summed E-state index contributed by atoms with van der Waals surface area (Å²) in [6.45, 7) is 1.73. The number of ether oxygens (including phenoxy) is 2. The van der Waals surface area contributed by atoms with E-state index in [9.17, 15) is 8.42 Å². The van der Waals surface area contributed by atoms with Crippen LogP contribution in [0.1, 0.15) is 5.56 Å². The molecular formula is C22H23N3O4S2. The minimum Gasteiger partial charge on any atom is -0.497 e. The molecule has 3 N–H and O–H groups in total. The van der Waals surface area contributed by atoms with Gasteiger partial charge in [0.15, 0.2) is 5.11 Å². The molecule has 0 aliphatic carbocycles. The molecule has 0 spiro atoms. The Morgan fingerprint density at radius 2 is 1.58 bits per heavy atom. The number of thiocarbonyl (C=S) groups is 1. The van der Waals surface area contributed by atoms with Crippen molar-refractivity contribution in [3.8, 4) is 11.5 Å². The summed E-state index contributed by atoms with van der Waals surface area (Å²) in [5.41, 5.74) is 2.23. The Bertz CT molecular complexity index is 1200. The molecule has 3 aromatic carbocycles. The van der Waals surface area contributed by atoms with Crippen molar-refractivity contribution in [3.05, 3.63) is 72.3 Å². The lowest BCUT2D eigenvalue weighted by Crippen LogP contribution is -2.20. The Labute approximate surface area is 187 Å². The average Bonchev–Trinajstić information content (AvgIpc) is 2.75. The van der Waals surface area contributed by atoms with Gasteiger partial charge in [-0.25, -0.2) is 8.42 Å². The van der Waals surface area contributed by atoms with Gasteiger partial charge < -0.3 is 20.1 Å². The van der Waals surface area contributed by atoms with Crippen LogP contribution in [-0.2, 0) is 10.0 Å². The second kappa shape index (κ2) is 9.67. The van der Waals surface area contributed by atoms with Gasteiger partial charge in [0.05, 0.1) is 24.8 Å². The SMILES string of the molecule is COc1cccc(NC(=S)Nc2ccc(C)c(S(=O)(=O)Nc3ccccc3OC)c2)c1. The third kappa shape index (κ3) is 5.65. The zero-order valence-electron chi connectivity index (χ0n) is 17.3. The molecule has 0 saturated heterocycles.